The summed E-state index contributed by atoms with van der Waals surface area (Å²) in [4.78, 5) is 11.2. The lowest BCUT2D eigenvalue weighted by Crippen LogP contribution is -2.31. The van der Waals surface area contributed by atoms with E-state index in [9.17, 15) is 4.79 Å². The highest BCUT2D eigenvalue weighted by atomic mass is 79.9. The third-order valence-electron chi connectivity index (χ3n) is 2.21. The van der Waals surface area contributed by atoms with Crippen molar-refractivity contribution in [1.29, 1.82) is 0 Å². The molecule has 0 aliphatic carbocycles. The molecule has 6 heteroatoms. The van der Waals surface area contributed by atoms with Crippen molar-refractivity contribution in [2.45, 2.75) is 6.04 Å². The Balaban J connectivity index is 3.07. The van der Waals surface area contributed by atoms with Crippen LogP contribution in [0.4, 0.5) is 0 Å². The zero-order chi connectivity index (χ0) is 12.8. The van der Waals surface area contributed by atoms with Gasteiger partial charge < -0.3 is 14.9 Å². The molecule has 0 saturated heterocycles. The molecule has 0 aliphatic heterocycles. The molecule has 0 saturated carbocycles. The van der Waals surface area contributed by atoms with E-state index in [4.69, 9.17) is 14.9 Å². The van der Waals surface area contributed by atoms with E-state index < -0.39 is 12.0 Å². The van der Waals surface area contributed by atoms with Crippen LogP contribution in [0.1, 0.15) is 11.6 Å². The van der Waals surface area contributed by atoms with E-state index in [1.807, 2.05) is 0 Å². The van der Waals surface area contributed by atoms with Gasteiger partial charge in [0.1, 0.15) is 11.8 Å². The standard InChI is InChI=1S/C11H14BrNO4/c1-17-9-3-2-7(12)6-8(9)10(11(15)16)13-4-5-14/h2-3,6,10,13-14H,4-5H2,1H3,(H,15,16). The summed E-state index contributed by atoms with van der Waals surface area (Å²) in [6.07, 6.45) is 0. The van der Waals surface area contributed by atoms with Crippen molar-refractivity contribution in [1.82, 2.24) is 5.32 Å². The number of carboxylic acids is 1. The Kier molecular flexibility index (Phi) is 5.40. The van der Waals surface area contributed by atoms with Crippen LogP contribution in [0.15, 0.2) is 22.7 Å². The maximum atomic E-state index is 11.2. The third-order valence-corrected chi connectivity index (χ3v) is 2.70. The molecule has 3 N–H and O–H groups in total. The summed E-state index contributed by atoms with van der Waals surface area (Å²) in [7, 11) is 1.48. The predicted molar refractivity (Wildman–Crippen MR) is 66.2 cm³/mol. The molecule has 0 bridgehead atoms. The molecule has 5 nitrogen and oxygen atoms in total. The quantitative estimate of drug-likeness (QED) is 0.735. The smallest absolute Gasteiger partial charge is 0.325 e. The van der Waals surface area contributed by atoms with Gasteiger partial charge in [0.25, 0.3) is 0 Å². The molecule has 1 atom stereocenters. The molecule has 0 fully saturated rings. The number of aliphatic hydroxyl groups excluding tert-OH is 1. The number of methoxy groups -OCH3 is 1. The molecule has 0 radical (unpaired) electrons. The second-order valence-corrected chi connectivity index (χ2v) is 4.25. The minimum absolute atomic E-state index is 0.125. The van der Waals surface area contributed by atoms with Crippen molar-refractivity contribution in [3.05, 3.63) is 28.2 Å². The van der Waals surface area contributed by atoms with Crippen molar-refractivity contribution < 1.29 is 19.7 Å². The average Bonchev–Trinajstić information content (AvgIpc) is 2.29. The van der Waals surface area contributed by atoms with Gasteiger partial charge in [0.2, 0.25) is 0 Å². The first-order chi connectivity index (χ1) is 8.10. The summed E-state index contributed by atoms with van der Waals surface area (Å²) < 4.78 is 5.89. The van der Waals surface area contributed by atoms with Gasteiger partial charge in [-0.25, -0.2) is 0 Å². The number of rotatable bonds is 6. The molecular formula is C11H14BrNO4. The molecule has 1 aromatic rings. The maximum absolute atomic E-state index is 11.2. The highest BCUT2D eigenvalue weighted by Gasteiger charge is 2.22. The fraction of sp³-hybridized carbons (Fsp3) is 0.364. The van der Waals surface area contributed by atoms with E-state index in [1.54, 1.807) is 18.2 Å². The Morgan fingerprint density at radius 2 is 2.29 bits per heavy atom. The normalized spacial score (nSPS) is 12.2. The lowest BCUT2D eigenvalue weighted by atomic mass is 10.1. The van der Waals surface area contributed by atoms with E-state index >= 15 is 0 Å². The summed E-state index contributed by atoms with van der Waals surface area (Å²) in [5.74, 6) is -0.527. The monoisotopic (exact) mass is 303 g/mol. The third kappa shape index (κ3) is 3.69. The van der Waals surface area contributed by atoms with E-state index in [-0.39, 0.29) is 13.2 Å². The largest absolute Gasteiger partial charge is 0.496 e. The number of ether oxygens (including phenoxy) is 1. The van der Waals surface area contributed by atoms with Crippen LogP contribution >= 0.6 is 15.9 Å². The van der Waals surface area contributed by atoms with Crippen molar-refractivity contribution in [3.63, 3.8) is 0 Å². The average molecular weight is 304 g/mol. The second kappa shape index (κ2) is 6.58. The Labute approximate surface area is 108 Å². The Morgan fingerprint density at radius 1 is 1.59 bits per heavy atom. The van der Waals surface area contributed by atoms with Gasteiger partial charge in [0, 0.05) is 16.6 Å². The highest BCUT2D eigenvalue weighted by Crippen LogP contribution is 2.28. The number of aliphatic carboxylic acids is 1. The number of halogens is 1. The summed E-state index contributed by atoms with van der Waals surface area (Å²) in [5, 5.41) is 20.6. The molecule has 0 aliphatic rings. The van der Waals surface area contributed by atoms with Gasteiger partial charge >= 0.3 is 5.97 Å². The Bertz CT molecular complexity index is 397. The molecule has 17 heavy (non-hydrogen) atoms. The number of carboxylic acid groups (broad SMARTS) is 1. The number of carbonyl (C=O) groups is 1. The van der Waals surface area contributed by atoms with Crippen molar-refractivity contribution >= 4 is 21.9 Å². The van der Waals surface area contributed by atoms with Crippen molar-refractivity contribution in [2.75, 3.05) is 20.3 Å². The van der Waals surface area contributed by atoms with Crippen LogP contribution in [0.3, 0.4) is 0 Å². The summed E-state index contributed by atoms with van der Waals surface area (Å²) in [6.45, 7) is 0.0761. The minimum Gasteiger partial charge on any atom is -0.496 e. The molecule has 94 valence electrons. The zero-order valence-corrected chi connectivity index (χ0v) is 10.9. The molecule has 0 amide bonds. The van der Waals surface area contributed by atoms with Crippen molar-refractivity contribution in [3.8, 4) is 5.75 Å². The van der Waals surface area contributed by atoms with Gasteiger partial charge in [0.15, 0.2) is 0 Å². The summed E-state index contributed by atoms with van der Waals surface area (Å²) in [5.41, 5.74) is 0.517. The van der Waals surface area contributed by atoms with Gasteiger partial charge in [-0.05, 0) is 18.2 Å². The first kappa shape index (κ1) is 14.0. The molecule has 1 aromatic carbocycles. The number of aliphatic hydroxyl groups is 1. The van der Waals surface area contributed by atoms with Crippen LogP contribution in [0.25, 0.3) is 0 Å². The first-order valence-electron chi connectivity index (χ1n) is 5.00. The van der Waals surface area contributed by atoms with E-state index in [1.165, 1.54) is 7.11 Å². The van der Waals surface area contributed by atoms with Gasteiger partial charge in [-0.15, -0.1) is 0 Å². The van der Waals surface area contributed by atoms with Gasteiger partial charge in [-0.1, -0.05) is 15.9 Å². The number of benzene rings is 1. The first-order valence-corrected chi connectivity index (χ1v) is 5.80. The molecule has 1 rings (SSSR count). The van der Waals surface area contributed by atoms with Crippen LogP contribution < -0.4 is 10.1 Å². The van der Waals surface area contributed by atoms with E-state index in [0.717, 1.165) is 4.47 Å². The van der Waals surface area contributed by atoms with E-state index in [2.05, 4.69) is 21.2 Å². The molecule has 0 spiro atoms. The Morgan fingerprint density at radius 3 is 2.82 bits per heavy atom. The topological polar surface area (TPSA) is 78.8 Å². The fourth-order valence-electron chi connectivity index (χ4n) is 1.47. The van der Waals surface area contributed by atoms with Crippen LogP contribution in [0, 0.1) is 0 Å². The summed E-state index contributed by atoms with van der Waals surface area (Å²) in [6, 6.07) is 4.24. The highest BCUT2D eigenvalue weighted by molar-refractivity contribution is 9.10. The fourth-order valence-corrected chi connectivity index (χ4v) is 1.85. The second-order valence-electron chi connectivity index (χ2n) is 3.34. The molecule has 1 unspecified atom stereocenters. The van der Waals surface area contributed by atoms with Gasteiger partial charge in [0.05, 0.1) is 13.7 Å². The lowest BCUT2D eigenvalue weighted by molar-refractivity contribution is -0.139. The van der Waals surface area contributed by atoms with Gasteiger partial charge in [-0.3, -0.25) is 10.1 Å². The van der Waals surface area contributed by atoms with Crippen LogP contribution in [-0.4, -0.2) is 36.4 Å². The summed E-state index contributed by atoms with van der Waals surface area (Å²) >= 11 is 3.29. The van der Waals surface area contributed by atoms with Crippen LogP contribution in [0.2, 0.25) is 0 Å². The lowest BCUT2D eigenvalue weighted by Gasteiger charge is -2.17. The maximum Gasteiger partial charge on any atom is 0.325 e. The SMILES string of the molecule is COc1ccc(Br)cc1C(NCCO)C(=O)O. The van der Waals surface area contributed by atoms with E-state index in [0.29, 0.717) is 11.3 Å². The zero-order valence-electron chi connectivity index (χ0n) is 9.31. The molecular weight excluding hydrogens is 290 g/mol. The van der Waals surface area contributed by atoms with Crippen LogP contribution in [0.5, 0.6) is 5.75 Å². The molecule has 0 aromatic heterocycles. The number of hydrogen-bond donors (Lipinski definition) is 3. The molecule has 0 heterocycles. The van der Waals surface area contributed by atoms with Crippen LogP contribution in [-0.2, 0) is 4.79 Å². The number of nitrogens with one attached hydrogen (secondary N) is 1. The number of hydrogen-bond acceptors (Lipinski definition) is 4. The van der Waals surface area contributed by atoms with Crippen molar-refractivity contribution in [2.24, 2.45) is 0 Å². The predicted octanol–water partition coefficient (Wildman–Crippen LogP) is 1.17. The van der Waals surface area contributed by atoms with Gasteiger partial charge in [-0.2, -0.15) is 0 Å². The Hall–Kier alpha value is -1.11. The minimum atomic E-state index is -1.02.